The van der Waals surface area contributed by atoms with Gasteiger partial charge in [-0.2, -0.15) is 0 Å². The molecule has 0 aliphatic heterocycles. The molecule has 5 nitrogen and oxygen atoms in total. The lowest BCUT2D eigenvalue weighted by molar-refractivity contribution is -0.119. The Morgan fingerprint density at radius 3 is 2.32 bits per heavy atom. The second-order valence-electron chi connectivity index (χ2n) is 5.67. The van der Waals surface area contributed by atoms with Crippen molar-refractivity contribution >= 4 is 17.6 Å². The molecule has 0 saturated heterocycles. The molecular formula is C14H20N2O3. The summed E-state index contributed by atoms with van der Waals surface area (Å²) in [6.45, 7) is 7.34. The zero-order valence-corrected chi connectivity index (χ0v) is 11.7. The van der Waals surface area contributed by atoms with Crippen molar-refractivity contribution in [3.63, 3.8) is 0 Å². The highest BCUT2D eigenvalue weighted by Gasteiger charge is 2.27. The zero-order chi connectivity index (χ0) is 14.8. The summed E-state index contributed by atoms with van der Waals surface area (Å²) in [6, 6.07) is 4.02. The van der Waals surface area contributed by atoms with Crippen LogP contribution in [0.5, 0.6) is 0 Å². The molecule has 0 saturated carbocycles. The summed E-state index contributed by atoms with van der Waals surface area (Å²) in [7, 11) is 0. The molecule has 0 spiro atoms. The number of carboxylic acid groups (broad SMARTS) is 1. The van der Waals surface area contributed by atoms with Crippen molar-refractivity contribution in [3.8, 4) is 0 Å². The number of carbonyl (C=O) groups is 2. The number of benzene rings is 1. The van der Waals surface area contributed by atoms with Crippen LogP contribution in [-0.2, 0) is 4.79 Å². The van der Waals surface area contributed by atoms with Crippen LogP contribution in [0.25, 0.3) is 0 Å². The van der Waals surface area contributed by atoms with E-state index >= 15 is 0 Å². The van der Waals surface area contributed by atoms with Crippen LogP contribution in [0.15, 0.2) is 18.2 Å². The molecule has 0 aliphatic rings. The number of hydrogen-bond donors (Lipinski definition) is 3. The third-order valence-electron chi connectivity index (χ3n) is 2.94. The van der Waals surface area contributed by atoms with Gasteiger partial charge in [0.1, 0.15) is 0 Å². The second kappa shape index (κ2) is 5.40. The fourth-order valence-corrected chi connectivity index (χ4v) is 1.59. The molecule has 4 N–H and O–H groups in total. The fraction of sp³-hybridized carbons (Fsp3) is 0.429. The first-order valence-corrected chi connectivity index (χ1v) is 6.03. The molecule has 0 aromatic heterocycles. The molecule has 1 aromatic carbocycles. The number of aryl methyl sites for hydroxylation is 1. The maximum Gasteiger partial charge on any atom is 0.335 e. The molecule has 1 aromatic rings. The van der Waals surface area contributed by atoms with Gasteiger partial charge >= 0.3 is 5.97 Å². The first-order chi connectivity index (χ1) is 8.62. The molecule has 0 fully saturated rings. The minimum Gasteiger partial charge on any atom is -0.478 e. The van der Waals surface area contributed by atoms with Crippen LogP contribution in [-0.4, -0.2) is 23.0 Å². The van der Waals surface area contributed by atoms with Gasteiger partial charge in [0.15, 0.2) is 0 Å². The smallest absolute Gasteiger partial charge is 0.335 e. The van der Waals surface area contributed by atoms with E-state index < -0.39 is 12.0 Å². The third kappa shape index (κ3) is 3.79. The van der Waals surface area contributed by atoms with Crippen molar-refractivity contribution in [2.24, 2.45) is 11.1 Å². The third-order valence-corrected chi connectivity index (χ3v) is 2.94. The average Bonchev–Trinajstić information content (AvgIpc) is 2.26. The molecule has 0 unspecified atom stereocenters. The minimum absolute atomic E-state index is 0.220. The van der Waals surface area contributed by atoms with E-state index in [-0.39, 0.29) is 16.9 Å². The van der Waals surface area contributed by atoms with E-state index in [1.54, 1.807) is 19.1 Å². The molecular weight excluding hydrogens is 244 g/mol. The van der Waals surface area contributed by atoms with Crippen LogP contribution in [0.1, 0.15) is 36.7 Å². The highest BCUT2D eigenvalue weighted by molar-refractivity contribution is 5.96. The van der Waals surface area contributed by atoms with Gasteiger partial charge in [-0.15, -0.1) is 0 Å². The van der Waals surface area contributed by atoms with Gasteiger partial charge in [-0.05, 0) is 36.1 Å². The number of nitrogens with one attached hydrogen (secondary N) is 1. The predicted molar refractivity (Wildman–Crippen MR) is 74.2 cm³/mol. The largest absolute Gasteiger partial charge is 0.478 e. The lowest BCUT2D eigenvalue weighted by Crippen LogP contribution is -2.45. The molecule has 1 rings (SSSR count). The van der Waals surface area contributed by atoms with Gasteiger partial charge in [-0.25, -0.2) is 4.79 Å². The molecule has 0 radical (unpaired) electrons. The minimum atomic E-state index is -0.984. The number of amides is 1. The van der Waals surface area contributed by atoms with Crippen LogP contribution >= 0.6 is 0 Å². The van der Waals surface area contributed by atoms with Gasteiger partial charge in [-0.3, -0.25) is 4.79 Å². The van der Waals surface area contributed by atoms with E-state index in [1.807, 2.05) is 20.8 Å². The number of nitrogens with two attached hydrogens (primary N) is 1. The number of carboxylic acids is 1. The molecule has 5 heteroatoms. The molecule has 104 valence electrons. The zero-order valence-electron chi connectivity index (χ0n) is 11.7. The summed E-state index contributed by atoms with van der Waals surface area (Å²) in [5.74, 6) is -1.27. The van der Waals surface area contributed by atoms with E-state index in [1.165, 1.54) is 6.07 Å². The van der Waals surface area contributed by atoms with Gasteiger partial charge in [0.25, 0.3) is 0 Å². The van der Waals surface area contributed by atoms with Crippen molar-refractivity contribution < 1.29 is 14.7 Å². The average molecular weight is 264 g/mol. The predicted octanol–water partition coefficient (Wildman–Crippen LogP) is 2.01. The number of anilines is 1. The lowest BCUT2D eigenvalue weighted by atomic mass is 9.87. The summed E-state index contributed by atoms with van der Waals surface area (Å²) >= 11 is 0. The Morgan fingerprint density at radius 2 is 1.89 bits per heavy atom. The van der Waals surface area contributed by atoms with Crippen molar-refractivity contribution in [3.05, 3.63) is 29.3 Å². The molecule has 1 atom stereocenters. The SMILES string of the molecule is Cc1cc(NC(=O)[C@@H](N)C(C)(C)C)ccc1C(=O)O. The number of hydrogen-bond acceptors (Lipinski definition) is 3. The first-order valence-electron chi connectivity index (χ1n) is 6.03. The van der Waals surface area contributed by atoms with Gasteiger partial charge in [0.2, 0.25) is 5.91 Å². The number of carbonyl (C=O) groups excluding carboxylic acids is 1. The topological polar surface area (TPSA) is 92.4 Å². The van der Waals surface area contributed by atoms with Crippen LogP contribution in [0.2, 0.25) is 0 Å². The molecule has 19 heavy (non-hydrogen) atoms. The van der Waals surface area contributed by atoms with E-state index in [0.29, 0.717) is 11.3 Å². The Morgan fingerprint density at radius 1 is 1.32 bits per heavy atom. The Labute approximate surface area is 112 Å². The molecule has 0 heterocycles. The number of rotatable bonds is 3. The summed E-state index contributed by atoms with van der Waals surface area (Å²) in [5, 5.41) is 11.6. The monoisotopic (exact) mass is 264 g/mol. The highest BCUT2D eigenvalue weighted by atomic mass is 16.4. The fourth-order valence-electron chi connectivity index (χ4n) is 1.59. The van der Waals surface area contributed by atoms with Gasteiger partial charge in [0.05, 0.1) is 11.6 Å². The molecule has 0 bridgehead atoms. The Bertz CT molecular complexity index is 504. The Kier molecular flexibility index (Phi) is 4.32. The van der Waals surface area contributed by atoms with Crippen molar-refractivity contribution in [1.29, 1.82) is 0 Å². The molecule has 1 amide bonds. The maximum atomic E-state index is 11.9. The Hall–Kier alpha value is -1.88. The summed E-state index contributed by atoms with van der Waals surface area (Å²) in [5.41, 5.74) is 6.88. The van der Waals surface area contributed by atoms with Crippen LogP contribution in [0.3, 0.4) is 0 Å². The summed E-state index contributed by atoms with van der Waals surface area (Å²) in [6.07, 6.45) is 0. The van der Waals surface area contributed by atoms with E-state index in [0.717, 1.165) is 0 Å². The van der Waals surface area contributed by atoms with Crippen molar-refractivity contribution in [1.82, 2.24) is 0 Å². The summed E-state index contributed by atoms with van der Waals surface area (Å²) in [4.78, 5) is 22.8. The summed E-state index contributed by atoms with van der Waals surface area (Å²) < 4.78 is 0. The van der Waals surface area contributed by atoms with E-state index in [4.69, 9.17) is 10.8 Å². The van der Waals surface area contributed by atoms with Gasteiger partial charge < -0.3 is 16.2 Å². The normalized spacial score (nSPS) is 12.9. The lowest BCUT2D eigenvalue weighted by Gasteiger charge is -2.25. The molecule has 0 aliphatic carbocycles. The van der Waals surface area contributed by atoms with E-state index in [9.17, 15) is 9.59 Å². The number of aromatic carboxylic acids is 1. The van der Waals surface area contributed by atoms with Gasteiger partial charge in [0, 0.05) is 5.69 Å². The van der Waals surface area contributed by atoms with Gasteiger partial charge in [-0.1, -0.05) is 20.8 Å². The highest BCUT2D eigenvalue weighted by Crippen LogP contribution is 2.20. The first kappa shape index (κ1) is 15.2. The van der Waals surface area contributed by atoms with Crippen LogP contribution < -0.4 is 11.1 Å². The van der Waals surface area contributed by atoms with Crippen LogP contribution in [0, 0.1) is 12.3 Å². The van der Waals surface area contributed by atoms with Crippen LogP contribution in [0.4, 0.5) is 5.69 Å². The second-order valence-corrected chi connectivity index (χ2v) is 5.67. The Balaban J connectivity index is 2.87. The van der Waals surface area contributed by atoms with E-state index in [2.05, 4.69) is 5.32 Å². The quantitative estimate of drug-likeness (QED) is 0.778. The standard InChI is InChI=1S/C14H20N2O3/c1-8-7-9(5-6-10(8)13(18)19)16-12(17)11(15)14(2,3)4/h5-7,11H,15H2,1-4H3,(H,16,17)(H,18,19)/t11-/m1/s1. The van der Waals surface area contributed by atoms with Crippen molar-refractivity contribution in [2.75, 3.05) is 5.32 Å². The maximum absolute atomic E-state index is 11.9. The van der Waals surface area contributed by atoms with Crippen molar-refractivity contribution in [2.45, 2.75) is 33.7 Å².